The largest absolute Gasteiger partial charge is 0.458 e. The van der Waals surface area contributed by atoms with E-state index in [0.29, 0.717) is 0 Å². The summed E-state index contributed by atoms with van der Waals surface area (Å²) in [6.07, 6.45) is 0.316. The highest BCUT2D eigenvalue weighted by atomic mass is 19.1. The number of nitrogens with one attached hydrogen (secondary N) is 2. The van der Waals surface area contributed by atoms with Crippen molar-refractivity contribution in [2.24, 2.45) is 0 Å². The summed E-state index contributed by atoms with van der Waals surface area (Å²) < 4.78 is 31.5. The van der Waals surface area contributed by atoms with Crippen LogP contribution in [0.2, 0.25) is 0 Å². The number of hydrogen-bond acceptors (Lipinski definition) is 9. The van der Waals surface area contributed by atoms with E-state index < -0.39 is 60.3 Å². The minimum Gasteiger partial charge on any atom is -0.458 e. The Kier molecular flexibility index (Phi) is 7.16. The molecule has 0 aromatic carbocycles. The number of imidazole rings is 1. The summed E-state index contributed by atoms with van der Waals surface area (Å²) in [5, 5.41) is 2.31. The molecule has 3 rings (SSSR count). The Balaban J connectivity index is 2.20. The lowest BCUT2D eigenvalue weighted by Crippen LogP contribution is -2.34. The number of fused-ring (bicyclic) bond motifs is 1. The van der Waals surface area contributed by atoms with Crippen molar-refractivity contribution in [2.45, 2.75) is 58.3 Å². The molecular weight excluding hydrogens is 457 g/mol. The number of carbonyl (C=O) groups excluding carboxylic acids is 3. The molecular formula is C20H22FN5O8. The molecule has 1 saturated heterocycles. The quantitative estimate of drug-likeness (QED) is 0.397. The molecule has 2 aromatic heterocycles. The van der Waals surface area contributed by atoms with Crippen molar-refractivity contribution < 1.29 is 33.0 Å². The predicted molar refractivity (Wildman–Crippen MR) is 113 cm³/mol. The number of alkyl halides is 1. The lowest BCUT2D eigenvalue weighted by molar-refractivity contribution is -0.159. The normalized spacial score (nSPS) is 20.5. The Labute approximate surface area is 191 Å². The number of carbonyl (C=O) groups is 3. The Hall–Kier alpha value is -3.99. The van der Waals surface area contributed by atoms with E-state index in [4.69, 9.17) is 20.6 Å². The molecule has 1 aliphatic heterocycles. The van der Waals surface area contributed by atoms with Gasteiger partial charge in [-0.25, -0.2) is 13.8 Å². The fourth-order valence-electron chi connectivity index (χ4n) is 3.75. The average Bonchev–Trinajstić information content (AvgIpc) is 3.24. The lowest BCUT2D eigenvalue weighted by atomic mass is 10.1. The fourth-order valence-corrected chi connectivity index (χ4v) is 3.75. The van der Waals surface area contributed by atoms with Gasteiger partial charge in [-0.05, 0) is 0 Å². The summed E-state index contributed by atoms with van der Waals surface area (Å²) in [6.45, 7) is 2.01. The minimum absolute atomic E-state index is 0.123. The second-order valence-corrected chi connectivity index (χ2v) is 7.46. The molecule has 2 aromatic rings. The van der Waals surface area contributed by atoms with Gasteiger partial charge in [0.2, 0.25) is 11.9 Å². The fraction of sp³-hybridized carbons (Fsp3) is 0.500. The molecule has 1 amide bonds. The third-order valence-electron chi connectivity index (χ3n) is 4.91. The molecule has 0 saturated carbocycles. The molecule has 1 aliphatic rings. The van der Waals surface area contributed by atoms with Gasteiger partial charge in [0.15, 0.2) is 23.5 Å². The van der Waals surface area contributed by atoms with Crippen LogP contribution in [-0.4, -0.2) is 61.9 Å². The van der Waals surface area contributed by atoms with Crippen LogP contribution in [0, 0.1) is 12.3 Å². The molecule has 1 unspecified atom stereocenters. The molecule has 0 aliphatic carbocycles. The Bertz CT molecular complexity index is 1290. The number of aromatic amines is 1. The van der Waals surface area contributed by atoms with Gasteiger partial charge in [0.25, 0.3) is 5.56 Å². The molecule has 1 fully saturated rings. The molecule has 0 radical (unpaired) electrons. The topological polar surface area (TPSA) is 164 Å². The van der Waals surface area contributed by atoms with E-state index in [2.05, 4.69) is 21.2 Å². The van der Waals surface area contributed by atoms with Gasteiger partial charge in [0.1, 0.15) is 18.9 Å². The predicted octanol–water partition coefficient (Wildman–Crippen LogP) is -0.402. The molecule has 13 nitrogen and oxygen atoms in total. The summed E-state index contributed by atoms with van der Waals surface area (Å²) in [5.74, 6) is -0.000139. The number of esters is 2. The Morgan fingerprint density at radius 2 is 2.03 bits per heavy atom. The summed E-state index contributed by atoms with van der Waals surface area (Å²) >= 11 is 0. The van der Waals surface area contributed by atoms with Gasteiger partial charge >= 0.3 is 17.6 Å². The van der Waals surface area contributed by atoms with Crippen LogP contribution in [0.5, 0.6) is 0 Å². The summed E-state index contributed by atoms with van der Waals surface area (Å²) in [5.41, 5.74) is -2.04. The summed E-state index contributed by atoms with van der Waals surface area (Å²) in [7, 11) is 0. The number of halogens is 1. The van der Waals surface area contributed by atoms with Crippen LogP contribution in [0.25, 0.3) is 11.2 Å². The van der Waals surface area contributed by atoms with Crippen LogP contribution in [0.15, 0.2) is 9.59 Å². The molecule has 182 valence electrons. The standard InChI is InChI=1S/C20H22FN5O8/c1-5-6-25-15-16(23-19(22-9(2)27)24-17(15)30)26(20(25)31)18-13(32-10(3)28)7-12(34-18)14(8-21)33-11(4)29/h1,12-14,18H,6-8H2,2-4H3,(H2,22,23,24,27,30)/t12-,13+,14?,18+/m0/s1. The number of ether oxygens (including phenoxy) is 3. The van der Waals surface area contributed by atoms with Crippen molar-refractivity contribution in [3.8, 4) is 12.3 Å². The third kappa shape index (κ3) is 4.84. The number of aromatic nitrogens is 4. The maximum Gasteiger partial charge on any atom is 0.333 e. The molecule has 0 spiro atoms. The molecule has 2 N–H and O–H groups in total. The second kappa shape index (κ2) is 9.87. The average molecular weight is 479 g/mol. The Morgan fingerprint density at radius 3 is 2.59 bits per heavy atom. The number of nitrogens with zero attached hydrogens (tertiary/aromatic N) is 3. The van der Waals surface area contributed by atoms with E-state index in [0.717, 1.165) is 23.0 Å². The molecule has 14 heteroatoms. The highest BCUT2D eigenvalue weighted by Gasteiger charge is 2.45. The van der Waals surface area contributed by atoms with E-state index in [1.807, 2.05) is 0 Å². The number of H-pyrrole nitrogens is 1. The first-order chi connectivity index (χ1) is 16.1. The first-order valence-electron chi connectivity index (χ1n) is 10.1. The van der Waals surface area contributed by atoms with Crippen molar-refractivity contribution in [1.29, 1.82) is 0 Å². The summed E-state index contributed by atoms with van der Waals surface area (Å²) in [4.78, 5) is 67.0. The molecule has 4 atom stereocenters. The number of rotatable bonds is 7. The van der Waals surface area contributed by atoms with Gasteiger partial charge in [-0.2, -0.15) is 4.98 Å². The van der Waals surface area contributed by atoms with E-state index in [1.54, 1.807) is 0 Å². The van der Waals surface area contributed by atoms with Gasteiger partial charge in [-0.1, -0.05) is 5.92 Å². The van der Waals surface area contributed by atoms with Gasteiger partial charge in [0, 0.05) is 27.2 Å². The van der Waals surface area contributed by atoms with Gasteiger partial charge in [-0.3, -0.25) is 34.0 Å². The smallest absolute Gasteiger partial charge is 0.333 e. The SMILES string of the molecule is C#CCn1c(=O)n([C@@H]2O[C@H](C(CF)OC(C)=O)C[C@H]2OC(C)=O)c2nc(NC(C)=O)[nH]c(=O)c21. The van der Waals surface area contributed by atoms with Crippen LogP contribution in [0.1, 0.15) is 33.4 Å². The van der Waals surface area contributed by atoms with Crippen molar-refractivity contribution >= 4 is 35.0 Å². The van der Waals surface area contributed by atoms with Crippen LogP contribution in [-0.2, 0) is 35.1 Å². The van der Waals surface area contributed by atoms with Crippen LogP contribution in [0.4, 0.5) is 10.3 Å². The molecule has 0 bridgehead atoms. The maximum atomic E-state index is 13.6. The zero-order valence-electron chi connectivity index (χ0n) is 18.5. The van der Waals surface area contributed by atoms with Crippen LogP contribution in [0.3, 0.4) is 0 Å². The lowest BCUT2D eigenvalue weighted by Gasteiger charge is -2.21. The van der Waals surface area contributed by atoms with E-state index >= 15 is 0 Å². The first kappa shape index (κ1) is 24.6. The van der Waals surface area contributed by atoms with Crippen molar-refractivity contribution in [2.75, 3.05) is 12.0 Å². The number of anilines is 1. The van der Waals surface area contributed by atoms with Crippen LogP contribution >= 0.6 is 0 Å². The monoisotopic (exact) mass is 479 g/mol. The van der Waals surface area contributed by atoms with Crippen molar-refractivity contribution in [3.63, 3.8) is 0 Å². The van der Waals surface area contributed by atoms with Gasteiger partial charge < -0.3 is 14.2 Å². The molecule has 34 heavy (non-hydrogen) atoms. The van der Waals surface area contributed by atoms with Gasteiger partial charge in [0.05, 0.1) is 6.54 Å². The van der Waals surface area contributed by atoms with Crippen molar-refractivity contribution in [3.05, 3.63) is 20.8 Å². The van der Waals surface area contributed by atoms with Gasteiger partial charge in [-0.15, -0.1) is 6.42 Å². The zero-order valence-corrected chi connectivity index (χ0v) is 18.5. The highest BCUT2D eigenvalue weighted by molar-refractivity contribution is 5.87. The second-order valence-electron chi connectivity index (χ2n) is 7.46. The maximum absolute atomic E-state index is 13.6. The van der Waals surface area contributed by atoms with E-state index in [-0.39, 0.29) is 30.1 Å². The Morgan fingerprint density at radius 1 is 1.32 bits per heavy atom. The zero-order chi connectivity index (χ0) is 25.2. The van der Waals surface area contributed by atoms with E-state index in [1.165, 1.54) is 6.92 Å². The first-order valence-corrected chi connectivity index (χ1v) is 10.1. The highest BCUT2D eigenvalue weighted by Crippen LogP contribution is 2.34. The summed E-state index contributed by atoms with van der Waals surface area (Å²) in [6, 6.07) is 0. The van der Waals surface area contributed by atoms with Crippen LogP contribution < -0.4 is 16.6 Å². The minimum atomic E-state index is -1.37. The molecule has 3 heterocycles. The number of terminal acetylenes is 1. The van der Waals surface area contributed by atoms with Crippen molar-refractivity contribution in [1.82, 2.24) is 19.1 Å². The number of hydrogen-bond donors (Lipinski definition) is 2. The van der Waals surface area contributed by atoms with E-state index in [9.17, 15) is 28.4 Å². The third-order valence-corrected chi connectivity index (χ3v) is 4.91. The number of amides is 1.